The largest absolute Gasteiger partial charge is 0.399 e. The molecule has 0 atom stereocenters. The van der Waals surface area contributed by atoms with Gasteiger partial charge < -0.3 is 16.4 Å². The van der Waals surface area contributed by atoms with Crippen molar-refractivity contribution in [3.8, 4) is 0 Å². The van der Waals surface area contributed by atoms with Crippen LogP contribution in [0, 0.1) is 0 Å². The monoisotopic (exact) mass is 398 g/mol. The number of carbonyl (C=O) groups is 1. The highest BCUT2D eigenvalue weighted by molar-refractivity contribution is 6.34. The lowest BCUT2D eigenvalue weighted by Gasteiger charge is -2.18. The molecule has 8 heteroatoms. The van der Waals surface area contributed by atoms with Gasteiger partial charge in [0.25, 0.3) is 0 Å². The van der Waals surface area contributed by atoms with E-state index in [-0.39, 0.29) is 5.91 Å². The number of nitrogens with zero attached hydrogens (tertiary/aromatic N) is 3. The van der Waals surface area contributed by atoms with Gasteiger partial charge in [-0.1, -0.05) is 25.4 Å². The Hall–Kier alpha value is -2.90. The minimum Gasteiger partial charge on any atom is -0.399 e. The van der Waals surface area contributed by atoms with Gasteiger partial charge in [-0.3, -0.25) is 9.69 Å². The number of rotatable bonds is 7. The second-order valence-corrected chi connectivity index (χ2v) is 6.74. The maximum Gasteiger partial charge on any atom is 0.238 e. The molecule has 0 aliphatic carbocycles. The summed E-state index contributed by atoms with van der Waals surface area (Å²) in [5, 5.41) is 7.34. The lowest BCUT2D eigenvalue weighted by atomic mass is 10.2. The maximum absolute atomic E-state index is 12.2. The van der Waals surface area contributed by atoms with Gasteiger partial charge in [0.05, 0.1) is 22.8 Å². The Balaban J connectivity index is 1.76. The van der Waals surface area contributed by atoms with Gasteiger partial charge in [-0.2, -0.15) is 0 Å². The number of nitrogens with two attached hydrogens (primary N) is 1. The summed E-state index contributed by atoms with van der Waals surface area (Å²) in [6, 6.07) is 10.8. The van der Waals surface area contributed by atoms with Gasteiger partial charge in [-0.25, -0.2) is 9.97 Å². The van der Waals surface area contributed by atoms with Gasteiger partial charge in [0.2, 0.25) is 5.91 Å². The fraction of sp³-hybridized carbons (Fsp3) is 0.250. The molecule has 3 rings (SSSR count). The predicted molar refractivity (Wildman–Crippen MR) is 115 cm³/mol. The van der Waals surface area contributed by atoms with Crippen LogP contribution in [0.1, 0.15) is 13.8 Å². The summed E-state index contributed by atoms with van der Waals surface area (Å²) in [7, 11) is 0. The first-order valence-corrected chi connectivity index (χ1v) is 9.47. The first kappa shape index (κ1) is 19.9. The van der Waals surface area contributed by atoms with E-state index in [1.807, 2.05) is 36.9 Å². The zero-order valence-corrected chi connectivity index (χ0v) is 16.6. The fourth-order valence-electron chi connectivity index (χ4n) is 2.84. The van der Waals surface area contributed by atoms with Gasteiger partial charge in [0.15, 0.2) is 0 Å². The number of anilines is 4. The van der Waals surface area contributed by atoms with E-state index in [1.165, 1.54) is 6.33 Å². The van der Waals surface area contributed by atoms with E-state index in [1.54, 1.807) is 18.2 Å². The Morgan fingerprint density at radius 2 is 1.93 bits per heavy atom. The number of likely N-dealkylation sites (N-methyl/N-ethyl adjacent to an activating group) is 1. The molecule has 7 nitrogen and oxygen atoms in total. The minimum atomic E-state index is -0.0939. The number of aromatic nitrogens is 2. The summed E-state index contributed by atoms with van der Waals surface area (Å²) >= 11 is 6.37. The Bertz CT molecular complexity index is 990. The highest BCUT2D eigenvalue weighted by atomic mass is 35.5. The molecule has 1 aromatic heterocycles. The quantitative estimate of drug-likeness (QED) is 0.522. The molecule has 1 amide bonds. The van der Waals surface area contributed by atoms with E-state index in [0.29, 0.717) is 28.8 Å². The molecule has 0 unspecified atom stereocenters. The molecule has 0 saturated carbocycles. The third-order valence-electron chi connectivity index (χ3n) is 4.43. The van der Waals surface area contributed by atoms with Crippen LogP contribution in [0.4, 0.5) is 22.9 Å². The molecular formula is C20H23ClN6O. The van der Waals surface area contributed by atoms with Crippen LogP contribution in [0.25, 0.3) is 10.9 Å². The number of benzene rings is 2. The van der Waals surface area contributed by atoms with Gasteiger partial charge in [0, 0.05) is 16.8 Å². The lowest BCUT2D eigenvalue weighted by molar-refractivity contribution is -0.117. The average Bonchev–Trinajstić information content (AvgIpc) is 2.68. The van der Waals surface area contributed by atoms with Crippen molar-refractivity contribution < 1.29 is 4.79 Å². The summed E-state index contributed by atoms with van der Waals surface area (Å²) in [5.74, 6) is 0.537. The molecule has 1 heterocycles. The second kappa shape index (κ2) is 8.86. The van der Waals surface area contributed by atoms with Gasteiger partial charge in [-0.05, 0) is 49.5 Å². The average molecular weight is 399 g/mol. The second-order valence-electron chi connectivity index (χ2n) is 6.33. The van der Waals surface area contributed by atoms with Gasteiger partial charge in [-0.15, -0.1) is 0 Å². The molecule has 2 aromatic carbocycles. The van der Waals surface area contributed by atoms with Crippen molar-refractivity contribution in [1.82, 2.24) is 14.9 Å². The molecule has 146 valence electrons. The summed E-state index contributed by atoms with van der Waals surface area (Å²) < 4.78 is 0. The van der Waals surface area contributed by atoms with Crippen LogP contribution < -0.4 is 16.4 Å². The number of nitrogen functional groups attached to an aromatic ring is 1. The van der Waals surface area contributed by atoms with E-state index < -0.39 is 0 Å². The Morgan fingerprint density at radius 3 is 2.64 bits per heavy atom. The van der Waals surface area contributed by atoms with E-state index in [4.69, 9.17) is 17.3 Å². The molecular weight excluding hydrogens is 376 g/mol. The van der Waals surface area contributed by atoms with Crippen molar-refractivity contribution >= 4 is 51.3 Å². The van der Waals surface area contributed by atoms with Crippen molar-refractivity contribution in [3.05, 3.63) is 47.7 Å². The highest BCUT2D eigenvalue weighted by Crippen LogP contribution is 2.29. The van der Waals surface area contributed by atoms with E-state index >= 15 is 0 Å². The van der Waals surface area contributed by atoms with Crippen LogP contribution >= 0.6 is 11.6 Å². The smallest absolute Gasteiger partial charge is 0.238 e. The molecule has 0 bridgehead atoms. The highest BCUT2D eigenvalue weighted by Gasteiger charge is 2.11. The zero-order valence-electron chi connectivity index (χ0n) is 15.9. The number of hydrogen-bond donors (Lipinski definition) is 3. The fourth-order valence-corrected chi connectivity index (χ4v) is 3.07. The first-order chi connectivity index (χ1) is 13.5. The maximum atomic E-state index is 12.2. The normalized spacial score (nSPS) is 11.0. The first-order valence-electron chi connectivity index (χ1n) is 9.09. The molecule has 0 radical (unpaired) electrons. The van der Waals surface area contributed by atoms with E-state index in [0.717, 1.165) is 29.7 Å². The Labute approximate surface area is 168 Å². The molecule has 4 N–H and O–H groups in total. The third-order valence-corrected chi connectivity index (χ3v) is 4.74. The lowest BCUT2D eigenvalue weighted by Crippen LogP contribution is -2.32. The predicted octanol–water partition coefficient (Wildman–Crippen LogP) is 3.89. The molecule has 0 aliphatic rings. The number of amides is 1. The number of carbonyl (C=O) groups excluding carboxylic acids is 1. The van der Waals surface area contributed by atoms with Crippen LogP contribution in [0.5, 0.6) is 0 Å². The van der Waals surface area contributed by atoms with Crippen LogP contribution in [0.15, 0.2) is 42.7 Å². The number of fused-ring (bicyclic) bond motifs is 1. The number of halogens is 1. The number of hydrogen-bond acceptors (Lipinski definition) is 6. The molecule has 0 aliphatic heterocycles. The molecule has 0 spiro atoms. The van der Waals surface area contributed by atoms with Crippen molar-refractivity contribution in [2.45, 2.75) is 13.8 Å². The zero-order chi connectivity index (χ0) is 20.1. The SMILES string of the molecule is CCN(CC)CC(=O)Nc1ccc(Nc2ncnc3ccc(N)cc23)cc1Cl. The Morgan fingerprint density at radius 1 is 1.14 bits per heavy atom. The molecule has 28 heavy (non-hydrogen) atoms. The van der Waals surface area contributed by atoms with Crippen LogP contribution in [-0.4, -0.2) is 40.4 Å². The van der Waals surface area contributed by atoms with Crippen molar-refractivity contribution in [1.29, 1.82) is 0 Å². The summed E-state index contributed by atoms with van der Waals surface area (Å²) in [6.07, 6.45) is 1.49. The molecule has 0 saturated heterocycles. The van der Waals surface area contributed by atoms with Crippen molar-refractivity contribution in [2.24, 2.45) is 0 Å². The van der Waals surface area contributed by atoms with Crippen LogP contribution in [0.2, 0.25) is 5.02 Å². The van der Waals surface area contributed by atoms with Crippen LogP contribution in [-0.2, 0) is 4.79 Å². The summed E-state index contributed by atoms with van der Waals surface area (Å²) in [4.78, 5) is 22.8. The number of nitrogens with one attached hydrogen (secondary N) is 2. The summed E-state index contributed by atoms with van der Waals surface area (Å²) in [6.45, 7) is 6.01. The third kappa shape index (κ3) is 4.68. The summed E-state index contributed by atoms with van der Waals surface area (Å²) in [5.41, 5.74) is 8.62. The topological polar surface area (TPSA) is 96.2 Å². The van der Waals surface area contributed by atoms with E-state index in [9.17, 15) is 4.79 Å². The van der Waals surface area contributed by atoms with Crippen molar-refractivity contribution in [2.75, 3.05) is 36.0 Å². The standard InChI is InChI=1S/C20H23ClN6O/c1-3-27(4-2)11-19(28)26-18-8-6-14(10-16(18)21)25-20-15-9-13(22)5-7-17(15)23-12-24-20/h5-10,12H,3-4,11,22H2,1-2H3,(H,26,28)(H,23,24,25). The van der Waals surface area contributed by atoms with Gasteiger partial charge >= 0.3 is 0 Å². The van der Waals surface area contributed by atoms with Crippen LogP contribution in [0.3, 0.4) is 0 Å². The minimum absolute atomic E-state index is 0.0939. The molecule has 0 fully saturated rings. The Kier molecular flexibility index (Phi) is 6.28. The van der Waals surface area contributed by atoms with Crippen molar-refractivity contribution in [3.63, 3.8) is 0 Å². The van der Waals surface area contributed by atoms with Gasteiger partial charge in [0.1, 0.15) is 12.1 Å². The van der Waals surface area contributed by atoms with E-state index in [2.05, 4.69) is 20.6 Å². The molecule has 3 aromatic rings.